The summed E-state index contributed by atoms with van der Waals surface area (Å²) in [4.78, 5) is 6.66. The molecule has 0 radical (unpaired) electrons. The van der Waals surface area contributed by atoms with Gasteiger partial charge in [0.1, 0.15) is 0 Å². The molecule has 0 saturated carbocycles. The molecule has 0 N–H and O–H groups in total. The maximum atomic E-state index is 2.29. The van der Waals surface area contributed by atoms with Crippen molar-refractivity contribution in [1.29, 1.82) is 0 Å². The van der Waals surface area contributed by atoms with Crippen LogP contribution in [0.15, 0.2) is 30.3 Å². The summed E-state index contributed by atoms with van der Waals surface area (Å²) in [5.41, 5.74) is 6.61. The highest BCUT2D eigenvalue weighted by atomic mass is 31.1. The number of hydrogen-bond donors (Lipinski definition) is 0. The summed E-state index contributed by atoms with van der Waals surface area (Å²) in [6.45, 7) is 4.42. The molecule has 0 aliphatic rings. The number of hydrogen-bond acceptors (Lipinski definition) is 3. The van der Waals surface area contributed by atoms with Gasteiger partial charge < -0.3 is 14.7 Å². The molecule has 1 atom stereocenters. The molecule has 0 aromatic heterocycles. The monoisotopic (exact) mass is 343 g/mol. The van der Waals surface area contributed by atoms with Crippen LogP contribution in [0.1, 0.15) is 11.1 Å². The molecule has 24 heavy (non-hydrogen) atoms. The zero-order valence-corrected chi connectivity index (χ0v) is 17.2. The van der Waals surface area contributed by atoms with Crippen molar-refractivity contribution in [3.05, 3.63) is 41.5 Å². The minimum absolute atomic E-state index is 0.656. The lowest BCUT2D eigenvalue weighted by Gasteiger charge is -2.30. The summed E-state index contributed by atoms with van der Waals surface area (Å²) in [5.74, 6) is 0. The molecule has 0 fully saturated rings. The van der Waals surface area contributed by atoms with E-state index in [2.05, 4.69) is 101 Å². The van der Waals surface area contributed by atoms with Gasteiger partial charge in [0.25, 0.3) is 0 Å². The zero-order chi connectivity index (χ0) is 18.0. The van der Waals surface area contributed by atoms with Crippen molar-refractivity contribution < 1.29 is 0 Å². The van der Waals surface area contributed by atoms with Crippen molar-refractivity contribution in [1.82, 2.24) is 0 Å². The van der Waals surface area contributed by atoms with Gasteiger partial charge in [0, 0.05) is 47.6 Å². The topological polar surface area (TPSA) is 9.72 Å². The van der Waals surface area contributed by atoms with Crippen LogP contribution in [0, 0.1) is 13.8 Å². The third kappa shape index (κ3) is 3.67. The van der Waals surface area contributed by atoms with Crippen LogP contribution in [0.4, 0.5) is 17.1 Å². The van der Waals surface area contributed by atoms with Crippen LogP contribution in [0.5, 0.6) is 0 Å². The lowest BCUT2D eigenvalue weighted by Crippen LogP contribution is -2.26. The van der Waals surface area contributed by atoms with Gasteiger partial charge >= 0.3 is 0 Å². The molecule has 2 aromatic rings. The van der Waals surface area contributed by atoms with Crippen molar-refractivity contribution in [2.24, 2.45) is 0 Å². The van der Waals surface area contributed by atoms with Crippen LogP contribution in [-0.2, 0) is 0 Å². The van der Waals surface area contributed by atoms with E-state index >= 15 is 0 Å². The number of anilines is 3. The molecule has 0 aliphatic carbocycles. The van der Waals surface area contributed by atoms with Crippen molar-refractivity contribution in [3.8, 4) is 0 Å². The quantitative estimate of drug-likeness (QED) is 0.773. The van der Waals surface area contributed by atoms with Gasteiger partial charge in [0.15, 0.2) is 0 Å². The molecular weight excluding hydrogens is 313 g/mol. The van der Waals surface area contributed by atoms with Gasteiger partial charge in [0.05, 0.1) is 17.1 Å². The van der Waals surface area contributed by atoms with E-state index in [1.54, 1.807) is 0 Å². The number of rotatable bonds is 5. The molecule has 3 nitrogen and oxygen atoms in total. The second-order valence-corrected chi connectivity index (χ2v) is 8.21. The van der Waals surface area contributed by atoms with E-state index in [9.17, 15) is 0 Å². The van der Waals surface area contributed by atoms with Gasteiger partial charge in [-0.05, 0) is 36.3 Å². The van der Waals surface area contributed by atoms with Crippen LogP contribution >= 0.6 is 8.58 Å². The zero-order valence-electron chi connectivity index (χ0n) is 16.2. The molecule has 0 bridgehead atoms. The molecule has 4 heteroatoms. The Labute approximate surface area is 149 Å². The highest BCUT2D eigenvalue weighted by molar-refractivity contribution is 7.56. The lowest BCUT2D eigenvalue weighted by atomic mass is 10.1. The minimum Gasteiger partial charge on any atom is -0.376 e. The van der Waals surface area contributed by atoms with Gasteiger partial charge in [-0.2, -0.15) is 0 Å². The van der Waals surface area contributed by atoms with Crippen molar-refractivity contribution >= 4 is 36.3 Å². The molecular formula is C20H30N3P. The molecule has 0 aliphatic heterocycles. The van der Waals surface area contributed by atoms with E-state index in [1.165, 1.54) is 38.8 Å². The van der Waals surface area contributed by atoms with E-state index in [1.807, 2.05) is 0 Å². The van der Waals surface area contributed by atoms with Crippen molar-refractivity contribution in [2.75, 3.05) is 57.0 Å². The van der Waals surface area contributed by atoms with E-state index in [-0.39, 0.29) is 0 Å². The van der Waals surface area contributed by atoms with Gasteiger partial charge in [-0.25, -0.2) is 0 Å². The minimum atomic E-state index is 0.656. The first-order chi connectivity index (χ1) is 11.2. The molecule has 130 valence electrons. The Balaban J connectivity index is 2.62. The molecule has 0 saturated heterocycles. The van der Waals surface area contributed by atoms with E-state index in [0.29, 0.717) is 8.58 Å². The fourth-order valence-electron chi connectivity index (χ4n) is 2.96. The van der Waals surface area contributed by atoms with Gasteiger partial charge in [-0.1, -0.05) is 32.8 Å². The average molecular weight is 343 g/mol. The van der Waals surface area contributed by atoms with Crippen LogP contribution in [0.3, 0.4) is 0 Å². The Morgan fingerprint density at radius 3 is 1.83 bits per heavy atom. The van der Waals surface area contributed by atoms with Gasteiger partial charge in [-0.3, -0.25) is 0 Å². The summed E-state index contributed by atoms with van der Waals surface area (Å²) < 4.78 is 0. The summed E-state index contributed by atoms with van der Waals surface area (Å²) in [7, 11) is 13.4. The molecule has 2 rings (SSSR count). The van der Waals surface area contributed by atoms with Crippen molar-refractivity contribution in [2.45, 2.75) is 13.8 Å². The first-order valence-corrected chi connectivity index (χ1v) is 9.26. The second kappa shape index (κ2) is 7.44. The van der Waals surface area contributed by atoms with Crippen molar-refractivity contribution in [3.63, 3.8) is 0 Å². The predicted octanol–water partition coefficient (Wildman–Crippen LogP) is 3.13. The van der Waals surface area contributed by atoms with Crippen LogP contribution in [0.2, 0.25) is 0 Å². The fraction of sp³-hybridized carbons (Fsp3) is 0.400. The molecule has 0 amide bonds. The molecule has 1 unspecified atom stereocenters. The Morgan fingerprint density at radius 1 is 0.667 bits per heavy atom. The highest BCUT2D eigenvalue weighted by Gasteiger charge is 2.19. The summed E-state index contributed by atoms with van der Waals surface area (Å²) >= 11 is 0. The average Bonchev–Trinajstić information content (AvgIpc) is 2.50. The third-order valence-corrected chi connectivity index (χ3v) is 5.86. The Bertz CT molecular complexity index is 721. The smallest absolute Gasteiger partial charge is 0.0842 e. The summed E-state index contributed by atoms with van der Waals surface area (Å²) in [5, 5.41) is 2.82. The van der Waals surface area contributed by atoms with Crippen LogP contribution in [0.25, 0.3) is 0 Å². The first-order valence-electron chi connectivity index (χ1n) is 8.26. The summed E-state index contributed by atoms with van der Waals surface area (Å²) in [6, 6.07) is 11.2. The van der Waals surface area contributed by atoms with E-state index in [4.69, 9.17) is 0 Å². The largest absolute Gasteiger partial charge is 0.376 e. The fourth-order valence-corrected chi connectivity index (χ4v) is 4.44. The Kier molecular flexibility index (Phi) is 5.77. The van der Waals surface area contributed by atoms with E-state index < -0.39 is 0 Å². The van der Waals surface area contributed by atoms with Crippen LogP contribution in [-0.4, -0.2) is 42.3 Å². The van der Waals surface area contributed by atoms with Gasteiger partial charge in [0.2, 0.25) is 0 Å². The predicted molar refractivity (Wildman–Crippen MR) is 113 cm³/mol. The van der Waals surface area contributed by atoms with Gasteiger partial charge in [-0.15, -0.1) is 0 Å². The SMILES string of the molecule is Cc1cccc(Pc2ccc(N(C)C)c(N(C)C)c2N(C)C)c1C. The first kappa shape index (κ1) is 18.6. The molecule has 2 aromatic carbocycles. The Hall–Kier alpha value is -1.73. The number of aryl methyl sites for hydroxylation is 1. The third-order valence-electron chi connectivity index (χ3n) is 4.38. The molecule has 0 heterocycles. The standard InChI is InChI=1S/C20H30N3P/c1-14-10-9-11-17(15(14)2)24-18-13-12-16(21(3)4)19(22(5)6)20(18)23(7)8/h9-13,24H,1-8H3. The summed E-state index contributed by atoms with van der Waals surface area (Å²) in [6.07, 6.45) is 0. The maximum Gasteiger partial charge on any atom is 0.0842 e. The number of nitrogens with zero attached hydrogens (tertiary/aromatic N) is 3. The van der Waals surface area contributed by atoms with E-state index in [0.717, 1.165) is 0 Å². The maximum absolute atomic E-state index is 2.29. The normalized spacial score (nSPS) is 11.2. The van der Waals surface area contributed by atoms with Crippen LogP contribution < -0.4 is 25.3 Å². The molecule has 0 spiro atoms. The Morgan fingerprint density at radius 2 is 1.29 bits per heavy atom. The lowest BCUT2D eigenvalue weighted by molar-refractivity contribution is 1.05. The second-order valence-electron chi connectivity index (χ2n) is 6.89. The highest BCUT2D eigenvalue weighted by Crippen LogP contribution is 2.37. The number of benzene rings is 2.